The molecule has 4 aromatic rings. The number of aromatic nitrogens is 2. The molecule has 0 aliphatic carbocycles. The molecular formula is C24H21N3O3S. The van der Waals surface area contributed by atoms with Gasteiger partial charge in [0.1, 0.15) is 11.1 Å². The highest BCUT2D eigenvalue weighted by Gasteiger charge is 2.24. The fourth-order valence-corrected chi connectivity index (χ4v) is 4.94. The first kappa shape index (κ1) is 19.6. The molecule has 0 radical (unpaired) electrons. The lowest BCUT2D eigenvalue weighted by molar-refractivity contribution is -0.118. The normalized spacial score (nSPS) is 13.1. The van der Waals surface area contributed by atoms with Gasteiger partial charge in [0.25, 0.3) is 5.56 Å². The third-order valence-electron chi connectivity index (χ3n) is 5.49. The van der Waals surface area contributed by atoms with Gasteiger partial charge in [0, 0.05) is 36.3 Å². The van der Waals surface area contributed by atoms with Crippen LogP contribution in [0.25, 0.3) is 22.1 Å². The molecule has 0 saturated heterocycles. The van der Waals surface area contributed by atoms with Gasteiger partial charge in [0.2, 0.25) is 11.5 Å². The molecule has 31 heavy (non-hydrogen) atoms. The van der Waals surface area contributed by atoms with Gasteiger partial charge in [0.05, 0.1) is 0 Å². The SMILES string of the molecule is C=CCn1c(SCCC(=O)N2CCc3ccccc32)nc2c(oc3ccccc32)c1=O. The summed E-state index contributed by atoms with van der Waals surface area (Å²) in [7, 11) is 0. The van der Waals surface area contributed by atoms with Gasteiger partial charge in [-0.1, -0.05) is 48.2 Å². The minimum Gasteiger partial charge on any atom is -0.448 e. The van der Waals surface area contributed by atoms with Crippen LogP contribution in [0.4, 0.5) is 5.69 Å². The highest BCUT2D eigenvalue weighted by atomic mass is 32.2. The third-order valence-corrected chi connectivity index (χ3v) is 6.47. The van der Waals surface area contributed by atoms with Crippen molar-refractivity contribution in [2.75, 3.05) is 17.2 Å². The Morgan fingerprint density at radius 2 is 2.00 bits per heavy atom. The highest BCUT2D eigenvalue weighted by molar-refractivity contribution is 7.99. The maximum Gasteiger partial charge on any atom is 0.298 e. The number of anilines is 1. The number of hydrogen-bond donors (Lipinski definition) is 0. The van der Waals surface area contributed by atoms with Gasteiger partial charge in [-0.05, 0) is 30.2 Å². The number of thioether (sulfide) groups is 1. The smallest absolute Gasteiger partial charge is 0.298 e. The van der Waals surface area contributed by atoms with Crippen molar-refractivity contribution in [1.29, 1.82) is 0 Å². The average Bonchev–Trinajstić information content (AvgIpc) is 3.38. The number of para-hydroxylation sites is 2. The molecule has 0 atom stereocenters. The number of rotatable bonds is 6. The van der Waals surface area contributed by atoms with Crippen molar-refractivity contribution in [1.82, 2.24) is 9.55 Å². The monoisotopic (exact) mass is 431 g/mol. The van der Waals surface area contributed by atoms with Crippen LogP contribution >= 0.6 is 11.8 Å². The molecule has 2 aromatic carbocycles. The van der Waals surface area contributed by atoms with Crippen LogP contribution in [0.2, 0.25) is 0 Å². The van der Waals surface area contributed by atoms with Gasteiger partial charge < -0.3 is 9.32 Å². The third kappa shape index (κ3) is 3.45. The van der Waals surface area contributed by atoms with Crippen molar-refractivity contribution in [3.05, 3.63) is 77.1 Å². The Hall–Kier alpha value is -3.32. The zero-order valence-corrected chi connectivity index (χ0v) is 17.7. The van der Waals surface area contributed by atoms with Crippen LogP contribution in [0.1, 0.15) is 12.0 Å². The largest absolute Gasteiger partial charge is 0.448 e. The number of nitrogens with zero attached hydrogens (tertiary/aromatic N) is 3. The summed E-state index contributed by atoms with van der Waals surface area (Å²) in [6.07, 6.45) is 2.92. The van der Waals surface area contributed by atoms with E-state index in [4.69, 9.17) is 9.40 Å². The predicted molar refractivity (Wildman–Crippen MR) is 124 cm³/mol. The molecule has 5 rings (SSSR count). The Balaban J connectivity index is 1.40. The highest BCUT2D eigenvalue weighted by Crippen LogP contribution is 2.30. The first-order valence-electron chi connectivity index (χ1n) is 10.2. The molecule has 3 heterocycles. The molecule has 2 aromatic heterocycles. The molecule has 1 amide bonds. The molecule has 156 valence electrons. The zero-order valence-electron chi connectivity index (χ0n) is 16.9. The maximum atomic E-state index is 13.0. The number of benzene rings is 2. The van der Waals surface area contributed by atoms with Crippen molar-refractivity contribution >= 4 is 45.4 Å². The first-order chi connectivity index (χ1) is 15.2. The lowest BCUT2D eigenvalue weighted by Crippen LogP contribution is -2.29. The van der Waals surface area contributed by atoms with Gasteiger partial charge >= 0.3 is 0 Å². The fraction of sp³-hybridized carbons (Fsp3) is 0.208. The summed E-state index contributed by atoms with van der Waals surface area (Å²) in [5, 5.41) is 1.38. The van der Waals surface area contributed by atoms with Crippen molar-refractivity contribution in [2.24, 2.45) is 0 Å². The van der Waals surface area contributed by atoms with E-state index in [1.807, 2.05) is 47.4 Å². The second-order valence-corrected chi connectivity index (χ2v) is 8.46. The van der Waals surface area contributed by atoms with E-state index < -0.39 is 0 Å². The summed E-state index contributed by atoms with van der Waals surface area (Å²) in [5.74, 6) is 0.618. The number of fused-ring (bicyclic) bond motifs is 4. The van der Waals surface area contributed by atoms with Crippen LogP contribution < -0.4 is 10.5 Å². The second-order valence-electron chi connectivity index (χ2n) is 7.40. The lowest BCUT2D eigenvalue weighted by Gasteiger charge is -2.17. The van der Waals surface area contributed by atoms with Crippen LogP contribution in [0, 0.1) is 0 Å². The minimum atomic E-state index is -0.233. The van der Waals surface area contributed by atoms with Crippen LogP contribution in [0.15, 0.2) is 75.6 Å². The maximum absolute atomic E-state index is 13.0. The molecule has 0 fully saturated rings. The van der Waals surface area contributed by atoms with Crippen LogP contribution in [-0.2, 0) is 17.8 Å². The lowest BCUT2D eigenvalue weighted by atomic mass is 10.2. The van der Waals surface area contributed by atoms with Crippen molar-refractivity contribution in [2.45, 2.75) is 24.5 Å². The Morgan fingerprint density at radius 1 is 1.19 bits per heavy atom. The molecule has 6 nitrogen and oxygen atoms in total. The molecule has 0 bridgehead atoms. The standard InChI is InChI=1S/C24H21N3O3S/c1-2-13-27-23(29)22-21(17-8-4-6-10-19(17)30-22)25-24(27)31-15-12-20(28)26-14-11-16-7-3-5-9-18(16)26/h2-10H,1,11-15H2. The topological polar surface area (TPSA) is 68.3 Å². The summed E-state index contributed by atoms with van der Waals surface area (Å²) in [6, 6.07) is 15.5. The average molecular weight is 432 g/mol. The predicted octanol–water partition coefficient (Wildman–Crippen LogP) is 4.40. The van der Waals surface area contributed by atoms with E-state index in [1.165, 1.54) is 17.3 Å². The first-order valence-corrected chi connectivity index (χ1v) is 11.2. The van der Waals surface area contributed by atoms with E-state index in [0.29, 0.717) is 35.0 Å². The number of hydrogen-bond acceptors (Lipinski definition) is 5. The summed E-state index contributed by atoms with van der Waals surface area (Å²) in [5.41, 5.74) is 3.42. The quantitative estimate of drug-likeness (QED) is 0.257. The van der Waals surface area contributed by atoms with Gasteiger partial charge in [-0.25, -0.2) is 4.98 Å². The van der Waals surface area contributed by atoms with E-state index in [-0.39, 0.29) is 17.0 Å². The Morgan fingerprint density at radius 3 is 2.87 bits per heavy atom. The molecule has 1 aliphatic rings. The van der Waals surface area contributed by atoms with E-state index in [9.17, 15) is 9.59 Å². The van der Waals surface area contributed by atoms with Crippen LogP contribution in [0.5, 0.6) is 0 Å². The summed E-state index contributed by atoms with van der Waals surface area (Å²) in [6.45, 7) is 4.80. The fourth-order valence-electron chi connectivity index (χ4n) is 4.02. The van der Waals surface area contributed by atoms with E-state index in [1.54, 1.807) is 10.6 Å². The van der Waals surface area contributed by atoms with Crippen molar-refractivity contribution in [3.8, 4) is 0 Å². The molecule has 0 unspecified atom stereocenters. The van der Waals surface area contributed by atoms with Gasteiger partial charge in [-0.15, -0.1) is 6.58 Å². The Bertz CT molecular complexity index is 1370. The van der Waals surface area contributed by atoms with E-state index >= 15 is 0 Å². The zero-order chi connectivity index (χ0) is 21.4. The van der Waals surface area contributed by atoms with Crippen molar-refractivity contribution in [3.63, 3.8) is 0 Å². The van der Waals surface area contributed by atoms with Crippen molar-refractivity contribution < 1.29 is 9.21 Å². The number of carbonyl (C=O) groups excluding carboxylic acids is 1. The summed E-state index contributed by atoms with van der Waals surface area (Å²) < 4.78 is 7.32. The Labute approximate surface area is 183 Å². The van der Waals surface area contributed by atoms with Crippen LogP contribution in [-0.4, -0.2) is 27.8 Å². The minimum absolute atomic E-state index is 0.0879. The molecule has 0 saturated carbocycles. The number of furan rings is 1. The molecule has 1 aliphatic heterocycles. The number of carbonyl (C=O) groups is 1. The molecular weight excluding hydrogens is 410 g/mol. The number of allylic oxidation sites excluding steroid dienone is 1. The van der Waals surface area contributed by atoms with Crippen LogP contribution in [0.3, 0.4) is 0 Å². The summed E-state index contributed by atoms with van der Waals surface area (Å²) in [4.78, 5) is 32.4. The Kier molecular flexibility index (Phi) is 5.11. The van der Waals surface area contributed by atoms with E-state index in [0.717, 1.165) is 24.0 Å². The van der Waals surface area contributed by atoms with E-state index in [2.05, 4.69) is 12.6 Å². The second kappa shape index (κ2) is 8.07. The molecule has 0 N–H and O–H groups in total. The summed E-state index contributed by atoms with van der Waals surface area (Å²) >= 11 is 1.41. The molecule has 7 heteroatoms. The molecule has 0 spiro atoms. The van der Waals surface area contributed by atoms with Gasteiger partial charge in [-0.2, -0.15) is 0 Å². The van der Waals surface area contributed by atoms with Gasteiger partial charge in [0.15, 0.2) is 5.16 Å². The van der Waals surface area contributed by atoms with Gasteiger partial charge in [-0.3, -0.25) is 14.2 Å². The number of amides is 1.